The summed E-state index contributed by atoms with van der Waals surface area (Å²) in [5.74, 6) is -0.210. The van der Waals surface area contributed by atoms with E-state index < -0.39 is 11.5 Å². The molecule has 0 aromatic carbocycles. The Labute approximate surface area is 155 Å². The molecule has 0 unspecified atom stereocenters. The second-order valence-electron chi connectivity index (χ2n) is 6.22. The van der Waals surface area contributed by atoms with Crippen LogP contribution in [0.15, 0.2) is 29.3 Å². The number of hydrogen-bond donors (Lipinski definition) is 2. The van der Waals surface area contributed by atoms with E-state index in [4.69, 9.17) is 9.47 Å². The Morgan fingerprint density at radius 2 is 2.15 bits per heavy atom. The van der Waals surface area contributed by atoms with Crippen LogP contribution in [-0.4, -0.2) is 53.0 Å². The summed E-state index contributed by atoms with van der Waals surface area (Å²) in [6.07, 6.45) is 4.55. The smallest absolute Gasteiger partial charge is 0.345 e. The van der Waals surface area contributed by atoms with Crippen LogP contribution in [0.4, 0.5) is 0 Å². The average molecular weight is 374 g/mol. The van der Waals surface area contributed by atoms with Crippen LogP contribution in [-0.2, 0) is 9.47 Å². The Morgan fingerprint density at radius 3 is 2.81 bits per heavy atom. The van der Waals surface area contributed by atoms with Crippen LogP contribution in [0, 0.1) is 5.92 Å². The van der Waals surface area contributed by atoms with Crippen molar-refractivity contribution in [1.29, 1.82) is 0 Å². The van der Waals surface area contributed by atoms with E-state index in [1.807, 2.05) is 0 Å². The predicted molar refractivity (Wildman–Crippen MR) is 96.0 cm³/mol. The first-order chi connectivity index (χ1) is 13.1. The van der Waals surface area contributed by atoms with Crippen LogP contribution >= 0.6 is 0 Å². The molecule has 0 saturated carbocycles. The standard InChI is InChI=1S/C18H22N4O5/c1-2-27-18(25)14-11-21-22(17(14)24)15-4-3-13(10-19-15)16(23)20-9-12-5-7-26-8-6-12/h3-4,10-12,21H,2,5-9H2,1H3,(H,20,23). The number of aromatic amines is 1. The number of H-pyrrole nitrogens is 1. The van der Waals surface area contributed by atoms with E-state index in [9.17, 15) is 14.4 Å². The van der Waals surface area contributed by atoms with Crippen molar-refractivity contribution >= 4 is 11.9 Å². The summed E-state index contributed by atoms with van der Waals surface area (Å²) in [6.45, 7) is 3.91. The summed E-state index contributed by atoms with van der Waals surface area (Å²) in [4.78, 5) is 40.4. The van der Waals surface area contributed by atoms with Crippen LogP contribution in [0.25, 0.3) is 5.82 Å². The zero-order chi connectivity index (χ0) is 19.2. The minimum absolute atomic E-state index is 0.100. The highest BCUT2D eigenvalue weighted by atomic mass is 16.5. The van der Waals surface area contributed by atoms with Gasteiger partial charge >= 0.3 is 5.97 Å². The number of nitrogens with one attached hydrogen (secondary N) is 2. The van der Waals surface area contributed by atoms with Crippen molar-refractivity contribution in [2.24, 2.45) is 5.92 Å². The van der Waals surface area contributed by atoms with Crippen LogP contribution < -0.4 is 10.9 Å². The van der Waals surface area contributed by atoms with Crippen molar-refractivity contribution < 1.29 is 19.1 Å². The summed E-state index contributed by atoms with van der Waals surface area (Å²) in [5, 5.41) is 5.58. The van der Waals surface area contributed by atoms with Crippen molar-refractivity contribution in [3.05, 3.63) is 46.0 Å². The minimum atomic E-state index is -0.693. The van der Waals surface area contributed by atoms with Crippen LogP contribution in [0.2, 0.25) is 0 Å². The number of nitrogens with zero attached hydrogens (tertiary/aromatic N) is 2. The van der Waals surface area contributed by atoms with Gasteiger partial charge in [-0.15, -0.1) is 0 Å². The van der Waals surface area contributed by atoms with E-state index >= 15 is 0 Å². The Balaban J connectivity index is 1.65. The molecule has 0 atom stereocenters. The van der Waals surface area contributed by atoms with Crippen molar-refractivity contribution in [2.45, 2.75) is 19.8 Å². The van der Waals surface area contributed by atoms with Crippen molar-refractivity contribution in [3.8, 4) is 5.82 Å². The van der Waals surface area contributed by atoms with Crippen LogP contribution in [0.5, 0.6) is 0 Å². The molecule has 2 aromatic rings. The largest absolute Gasteiger partial charge is 0.462 e. The number of rotatable bonds is 6. The van der Waals surface area contributed by atoms with Crippen molar-refractivity contribution in [2.75, 3.05) is 26.4 Å². The zero-order valence-electron chi connectivity index (χ0n) is 15.1. The molecule has 9 heteroatoms. The van der Waals surface area contributed by atoms with E-state index in [1.54, 1.807) is 13.0 Å². The molecule has 1 aliphatic rings. The number of ether oxygens (including phenoxy) is 2. The SMILES string of the molecule is CCOC(=O)c1c[nH]n(-c2ccc(C(=O)NCC3CCOCC3)cn2)c1=O. The van der Waals surface area contributed by atoms with Crippen molar-refractivity contribution in [1.82, 2.24) is 20.1 Å². The van der Waals surface area contributed by atoms with Gasteiger partial charge in [-0.3, -0.25) is 14.7 Å². The average Bonchev–Trinajstić information content (AvgIpc) is 3.08. The van der Waals surface area contributed by atoms with Gasteiger partial charge < -0.3 is 14.8 Å². The number of pyridine rings is 1. The number of carbonyl (C=O) groups is 2. The molecule has 1 aliphatic heterocycles. The number of esters is 1. The molecule has 0 radical (unpaired) electrons. The normalized spacial score (nSPS) is 14.7. The van der Waals surface area contributed by atoms with Gasteiger partial charge in [-0.25, -0.2) is 14.5 Å². The number of hydrogen-bond acceptors (Lipinski definition) is 6. The molecule has 144 valence electrons. The molecule has 1 saturated heterocycles. The highest BCUT2D eigenvalue weighted by Crippen LogP contribution is 2.13. The molecule has 0 bridgehead atoms. The second-order valence-corrected chi connectivity index (χ2v) is 6.22. The van der Waals surface area contributed by atoms with Gasteiger partial charge in [0.05, 0.1) is 12.2 Å². The predicted octanol–water partition coefficient (Wildman–Crippen LogP) is 0.894. The van der Waals surface area contributed by atoms with E-state index in [2.05, 4.69) is 15.4 Å². The molecule has 9 nitrogen and oxygen atoms in total. The van der Waals surface area contributed by atoms with Gasteiger partial charge in [-0.05, 0) is 37.8 Å². The summed E-state index contributed by atoms with van der Waals surface area (Å²) >= 11 is 0. The zero-order valence-corrected chi connectivity index (χ0v) is 15.1. The number of aromatic nitrogens is 3. The monoisotopic (exact) mass is 374 g/mol. The highest BCUT2D eigenvalue weighted by molar-refractivity contribution is 5.94. The lowest BCUT2D eigenvalue weighted by Crippen LogP contribution is -2.32. The fourth-order valence-corrected chi connectivity index (χ4v) is 2.84. The lowest BCUT2D eigenvalue weighted by atomic mass is 10.0. The molecular formula is C18H22N4O5. The Morgan fingerprint density at radius 1 is 1.37 bits per heavy atom. The number of carbonyl (C=O) groups excluding carboxylic acids is 2. The minimum Gasteiger partial charge on any atom is -0.462 e. The third kappa shape index (κ3) is 4.43. The van der Waals surface area contributed by atoms with Gasteiger partial charge in [0, 0.05) is 32.2 Å². The second kappa shape index (κ2) is 8.63. The van der Waals surface area contributed by atoms with E-state index in [0.717, 1.165) is 30.7 Å². The highest BCUT2D eigenvalue weighted by Gasteiger charge is 2.18. The first kappa shape index (κ1) is 18.8. The fourth-order valence-electron chi connectivity index (χ4n) is 2.84. The van der Waals surface area contributed by atoms with Crippen LogP contribution in [0.3, 0.4) is 0 Å². The molecule has 0 aliphatic carbocycles. The molecule has 2 aromatic heterocycles. The molecule has 3 heterocycles. The molecule has 1 amide bonds. The van der Waals surface area contributed by atoms with Gasteiger partial charge in [0.25, 0.3) is 11.5 Å². The van der Waals surface area contributed by atoms with Gasteiger partial charge in [-0.1, -0.05) is 0 Å². The maximum absolute atomic E-state index is 12.3. The Hall–Kier alpha value is -2.94. The first-order valence-electron chi connectivity index (χ1n) is 8.90. The summed E-state index contributed by atoms with van der Waals surface area (Å²) < 4.78 is 11.3. The molecule has 0 spiro atoms. The molecular weight excluding hydrogens is 352 g/mol. The fraction of sp³-hybridized carbons (Fsp3) is 0.444. The van der Waals surface area contributed by atoms with Crippen molar-refractivity contribution in [3.63, 3.8) is 0 Å². The Bertz CT molecular complexity index is 849. The van der Waals surface area contributed by atoms with Gasteiger partial charge in [-0.2, -0.15) is 0 Å². The summed E-state index contributed by atoms with van der Waals surface area (Å²) in [5.41, 5.74) is -0.259. The molecule has 27 heavy (non-hydrogen) atoms. The quantitative estimate of drug-likeness (QED) is 0.726. The van der Waals surface area contributed by atoms with E-state index in [1.165, 1.54) is 18.5 Å². The first-order valence-corrected chi connectivity index (χ1v) is 8.90. The third-order valence-electron chi connectivity index (χ3n) is 4.40. The lowest BCUT2D eigenvalue weighted by molar-refractivity contribution is 0.0524. The van der Waals surface area contributed by atoms with Crippen LogP contribution in [0.1, 0.15) is 40.5 Å². The maximum Gasteiger partial charge on any atom is 0.345 e. The van der Waals surface area contributed by atoms with E-state index in [-0.39, 0.29) is 23.9 Å². The molecule has 2 N–H and O–H groups in total. The number of amides is 1. The Kier molecular flexibility index (Phi) is 6.02. The maximum atomic E-state index is 12.3. The molecule has 1 fully saturated rings. The van der Waals surface area contributed by atoms with E-state index in [0.29, 0.717) is 18.0 Å². The topological polar surface area (TPSA) is 115 Å². The third-order valence-corrected chi connectivity index (χ3v) is 4.40. The van der Waals surface area contributed by atoms with Gasteiger partial charge in [0.2, 0.25) is 0 Å². The molecule has 3 rings (SSSR count). The lowest BCUT2D eigenvalue weighted by Gasteiger charge is -2.22. The summed E-state index contributed by atoms with van der Waals surface area (Å²) in [7, 11) is 0. The summed E-state index contributed by atoms with van der Waals surface area (Å²) in [6, 6.07) is 3.12. The van der Waals surface area contributed by atoms with Gasteiger partial charge in [0.1, 0.15) is 5.56 Å². The van der Waals surface area contributed by atoms with Gasteiger partial charge in [0.15, 0.2) is 5.82 Å².